The monoisotopic (exact) mass is 321 g/mol. The Morgan fingerprint density at radius 1 is 1.35 bits per heavy atom. The largest absolute Gasteiger partial charge is 0.480 e. The molecule has 7 nitrogen and oxygen atoms in total. The van der Waals surface area contributed by atoms with E-state index in [1.54, 1.807) is 0 Å². The van der Waals surface area contributed by atoms with E-state index in [2.05, 4.69) is 25.9 Å². The highest BCUT2D eigenvalue weighted by Gasteiger charge is 2.37. The summed E-state index contributed by atoms with van der Waals surface area (Å²) in [5.74, 6) is -0.912. The molecule has 1 aromatic heterocycles. The highest BCUT2D eigenvalue weighted by atomic mass is 16.5. The summed E-state index contributed by atoms with van der Waals surface area (Å²) in [6.07, 6.45) is 2.23. The molecule has 3 rings (SSSR count). The van der Waals surface area contributed by atoms with Crippen LogP contribution in [0, 0.1) is 0 Å². The van der Waals surface area contributed by atoms with Crippen molar-refractivity contribution in [3.8, 4) is 0 Å². The smallest absolute Gasteiger partial charge is 0.328 e. The minimum absolute atomic E-state index is 0.0243. The van der Waals surface area contributed by atoms with Crippen molar-refractivity contribution in [2.75, 3.05) is 19.8 Å². The molecule has 1 aliphatic carbocycles. The number of aromatic nitrogens is 2. The highest BCUT2D eigenvalue weighted by molar-refractivity contribution is 5.95. The molecule has 2 heterocycles. The van der Waals surface area contributed by atoms with Gasteiger partial charge in [0.1, 0.15) is 0 Å². The Hall–Kier alpha value is -1.89. The first kappa shape index (κ1) is 16.0. The summed E-state index contributed by atoms with van der Waals surface area (Å²) in [5, 5.41) is 13.8. The van der Waals surface area contributed by atoms with E-state index in [1.807, 2.05) is 10.7 Å². The molecule has 1 aromatic rings. The van der Waals surface area contributed by atoms with Crippen LogP contribution >= 0.6 is 0 Å². The third-order valence-electron chi connectivity index (χ3n) is 4.26. The van der Waals surface area contributed by atoms with Crippen LogP contribution in [0.25, 0.3) is 0 Å². The second-order valence-corrected chi connectivity index (χ2v) is 7.24. The lowest BCUT2D eigenvalue weighted by Crippen LogP contribution is -2.52. The molecule has 1 N–H and O–H groups in total. The van der Waals surface area contributed by atoms with Gasteiger partial charge >= 0.3 is 5.97 Å². The fourth-order valence-electron chi connectivity index (χ4n) is 2.91. The first-order chi connectivity index (χ1) is 10.8. The summed E-state index contributed by atoms with van der Waals surface area (Å²) in [6.45, 7) is 6.80. The van der Waals surface area contributed by atoms with E-state index in [9.17, 15) is 14.7 Å². The van der Waals surface area contributed by atoms with Gasteiger partial charge in [-0.1, -0.05) is 0 Å². The van der Waals surface area contributed by atoms with Crippen LogP contribution in [0.4, 0.5) is 0 Å². The van der Waals surface area contributed by atoms with Crippen molar-refractivity contribution in [3.63, 3.8) is 0 Å². The van der Waals surface area contributed by atoms with Crippen LogP contribution in [0.3, 0.4) is 0 Å². The number of carbonyl (C=O) groups is 2. The molecule has 1 saturated carbocycles. The van der Waals surface area contributed by atoms with E-state index in [1.165, 1.54) is 4.90 Å². The number of carboxylic acids is 1. The predicted molar refractivity (Wildman–Crippen MR) is 82.5 cm³/mol. The number of nitrogens with zero attached hydrogens (tertiary/aromatic N) is 3. The number of ether oxygens (including phenoxy) is 1. The van der Waals surface area contributed by atoms with Crippen LogP contribution in [-0.4, -0.2) is 57.5 Å². The van der Waals surface area contributed by atoms with Crippen molar-refractivity contribution in [2.45, 2.75) is 51.1 Å². The maximum absolute atomic E-state index is 12.8. The third-order valence-corrected chi connectivity index (χ3v) is 4.26. The molecule has 1 saturated heterocycles. The summed E-state index contributed by atoms with van der Waals surface area (Å²) in [5.41, 5.74) is 1.18. The van der Waals surface area contributed by atoms with Gasteiger partial charge in [-0.25, -0.2) is 4.79 Å². The number of aliphatic carboxylic acids is 1. The molecule has 7 heteroatoms. The molecule has 1 atom stereocenters. The standard InChI is InChI=1S/C16H23N3O4/c1-16(2,3)19-12(10-4-5-10)8-11(17-19)14(20)18-6-7-23-9-13(18)15(21)22/h8,10,13H,4-7,9H2,1-3H3,(H,21,22)/t13-/m0/s1. The van der Waals surface area contributed by atoms with Crippen LogP contribution in [0.2, 0.25) is 0 Å². The van der Waals surface area contributed by atoms with E-state index >= 15 is 0 Å². The molecule has 0 aromatic carbocycles. The average Bonchev–Trinajstić information content (AvgIpc) is 3.23. The lowest BCUT2D eigenvalue weighted by molar-refractivity contribution is -0.147. The Morgan fingerprint density at radius 3 is 2.61 bits per heavy atom. The Labute approximate surface area is 135 Å². The molecule has 126 valence electrons. The zero-order valence-electron chi connectivity index (χ0n) is 13.8. The quantitative estimate of drug-likeness (QED) is 0.910. The van der Waals surface area contributed by atoms with Gasteiger partial charge in [-0.05, 0) is 39.7 Å². The topological polar surface area (TPSA) is 84.7 Å². The fraction of sp³-hybridized carbons (Fsp3) is 0.688. The summed E-state index contributed by atoms with van der Waals surface area (Å²) in [7, 11) is 0. The van der Waals surface area contributed by atoms with E-state index in [0.29, 0.717) is 18.2 Å². The summed E-state index contributed by atoms with van der Waals surface area (Å²) < 4.78 is 7.10. The van der Waals surface area contributed by atoms with Crippen molar-refractivity contribution in [1.29, 1.82) is 0 Å². The lowest BCUT2D eigenvalue weighted by atomic mass is 10.1. The normalized spacial score (nSPS) is 22.2. The van der Waals surface area contributed by atoms with Crippen molar-refractivity contribution < 1.29 is 19.4 Å². The number of hydrogen-bond acceptors (Lipinski definition) is 4. The second kappa shape index (κ2) is 5.63. The van der Waals surface area contributed by atoms with Gasteiger partial charge < -0.3 is 14.7 Å². The van der Waals surface area contributed by atoms with Crippen molar-refractivity contribution in [2.24, 2.45) is 0 Å². The molecular formula is C16H23N3O4. The molecule has 0 spiro atoms. The van der Waals surface area contributed by atoms with E-state index in [4.69, 9.17) is 4.74 Å². The van der Waals surface area contributed by atoms with Crippen molar-refractivity contribution in [1.82, 2.24) is 14.7 Å². The lowest BCUT2D eigenvalue weighted by Gasteiger charge is -2.32. The predicted octanol–water partition coefficient (Wildman–Crippen LogP) is 1.44. The SMILES string of the molecule is CC(C)(C)n1nc(C(=O)N2CCOC[C@H]2C(=O)O)cc1C1CC1. The van der Waals surface area contributed by atoms with Crippen LogP contribution in [0.1, 0.15) is 55.7 Å². The highest BCUT2D eigenvalue weighted by Crippen LogP contribution is 2.41. The Balaban J connectivity index is 1.91. The summed E-state index contributed by atoms with van der Waals surface area (Å²) >= 11 is 0. The van der Waals surface area contributed by atoms with Crippen LogP contribution in [0.15, 0.2) is 6.07 Å². The molecular weight excluding hydrogens is 298 g/mol. The molecule has 0 bridgehead atoms. The van der Waals surface area contributed by atoms with E-state index in [0.717, 1.165) is 18.5 Å². The van der Waals surface area contributed by atoms with E-state index < -0.39 is 12.0 Å². The summed E-state index contributed by atoms with van der Waals surface area (Å²) in [6, 6.07) is 0.889. The second-order valence-electron chi connectivity index (χ2n) is 7.24. The third kappa shape index (κ3) is 3.10. The van der Waals surface area contributed by atoms with Gasteiger partial charge in [0, 0.05) is 18.2 Å². The number of hydrogen-bond donors (Lipinski definition) is 1. The van der Waals surface area contributed by atoms with Gasteiger partial charge in [-0.3, -0.25) is 9.48 Å². The van der Waals surface area contributed by atoms with Gasteiger partial charge in [-0.15, -0.1) is 0 Å². The maximum atomic E-state index is 12.8. The zero-order valence-corrected chi connectivity index (χ0v) is 13.8. The van der Waals surface area contributed by atoms with E-state index in [-0.39, 0.29) is 24.6 Å². The number of carboxylic acid groups (broad SMARTS) is 1. The number of rotatable bonds is 3. The average molecular weight is 321 g/mol. The van der Waals surface area contributed by atoms with Crippen molar-refractivity contribution >= 4 is 11.9 Å². The van der Waals surface area contributed by atoms with Gasteiger partial charge in [-0.2, -0.15) is 5.10 Å². The molecule has 0 unspecified atom stereocenters. The number of carbonyl (C=O) groups excluding carboxylic acids is 1. The minimum Gasteiger partial charge on any atom is -0.480 e. The Morgan fingerprint density at radius 2 is 2.04 bits per heavy atom. The van der Waals surface area contributed by atoms with Gasteiger partial charge in [0.2, 0.25) is 0 Å². The Bertz CT molecular complexity index is 628. The first-order valence-corrected chi connectivity index (χ1v) is 8.01. The van der Waals surface area contributed by atoms with Crippen LogP contribution in [-0.2, 0) is 15.1 Å². The molecule has 23 heavy (non-hydrogen) atoms. The number of morpholine rings is 1. The molecule has 0 radical (unpaired) electrons. The molecule has 1 amide bonds. The Kier molecular flexibility index (Phi) is 3.91. The summed E-state index contributed by atoms with van der Waals surface area (Å²) in [4.78, 5) is 25.5. The van der Waals surface area contributed by atoms with Gasteiger partial charge in [0.05, 0.1) is 18.8 Å². The fourth-order valence-corrected chi connectivity index (χ4v) is 2.91. The molecule has 2 aliphatic rings. The van der Waals surface area contributed by atoms with Crippen LogP contribution < -0.4 is 0 Å². The van der Waals surface area contributed by atoms with Crippen LogP contribution in [0.5, 0.6) is 0 Å². The minimum atomic E-state index is -1.05. The van der Waals surface area contributed by atoms with Gasteiger partial charge in [0.25, 0.3) is 5.91 Å². The number of amides is 1. The maximum Gasteiger partial charge on any atom is 0.328 e. The van der Waals surface area contributed by atoms with Gasteiger partial charge in [0.15, 0.2) is 11.7 Å². The zero-order chi connectivity index (χ0) is 16.8. The first-order valence-electron chi connectivity index (χ1n) is 8.01. The molecule has 2 fully saturated rings. The van der Waals surface area contributed by atoms with Crippen molar-refractivity contribution in [3.05, 3.63) is 17.5 Å². The molecule has 1 aliphatic heterocycles.